The third-order valence-electron chi connectivity index (χ3n) is 9.35. The molecule has 0 saturated carbocycles. The van der Waals surface area contributed by atoms with Crippen LogP contribution in [0.4, 0.5) is 11.4 Å². The van der Waals surface area contributed by atoms with Crippen LogP contribution in [0.2, 0.25) is 0 Å². The fraction of sp³-hybridized carbons (Fsp3) is 0.349. The molecule has 1 aliphatic rings. The monoisotopic (exact) mass is 704 g/mol. The van der Waals surface area contributed by atoms with E-state index in [-0.39, 0.29) is 30.6 Å². The number of hydrogen-bond donors (Lipinski definition) is 4. The van der Waals surface area contributed by atoms with Crippen LogP contribution in [0.25, 0.3) is 11.1 Å². The van der Waals surface area contributed by atoms with Gasteiger partial charge in [-0.2, -0.15) is 0 Å². The van der Waals surface area contributed by atoms with Gasteiger partial charge in [0.2, 0.25) is 11.8 Å². The van der Waals surface area contributed by atoms with Crippen LogP contribution in [0.1, 0.15) is 79.6 Å². The highest BCUT2D eigenvalue weighted by molar-refractivity contribution is 5.93. The molecule has 0 unspecified atom stereocenters. The zero-order valence-electron chi connectivity index (χ0n) is 30.1. The van der Waals surface area contributed by atoms with Gasteiger partial charge in [0.05, 0.1) is 30.2 Å². The van der Waals surface area contributed by atoms with Crippen LogP contribution in [-0.2, 0) is 32.2 Å². The van der Waals surface area contributed by atoms with Crippen LogP contribution >= 0.6 is 0 Å². The van der Waals surface area contributed by atoms with E-state index >= 15 is 0 Å². The lowest BCUT2D eigenvalue weighted by Gasteiger charge is -2.37. The van der Waals surface area contributed by atoms with Gasteiger partial charge in [0, 0.05) is 44.5 Å². The molecule has 1 fully saturated rings. The van der Waals surface area contributed by atoms with E-state index in [0.717, 1.165) is 78.6 Å². The van der Waals surface area contributed by atoms with Gasteiger partial charge in [-0.15, -0.1) is 6.58 Å². The molecular formula is C43H52N4O5. The molecule has 52 heavy (non-hydrogen) atoms. The number of nitrogens with zero attached hydrogens (tertiary/aromatic N) is 1. The summed E-state index contributed by atoms with van der Waals surface area (Å²) in [4.78, 5) is 27.1. The molecular weight excluding hydrogens is 652 g/mol. The zero-order valence-corrected chi connectivity index (χ0v) is 30.1. The molecule has 1 aliphatic heterocycles. The Morgan fingerprint density at radius 3 is 2.25 bits per heavy atom. The number of benzene rings is 4. The van der Waals surface area contributed by atoms with Crippen molar-refractivity contribution in [1.82, 2.24) is 10.2 Å². The van der Waals surface area contributed by atoms with E-state index in [1.807, 2.05) is 60.7 Å². The first-order valence-corrected chi connectivity index (χ1v) is 18.2. The lowest BCUT2D eigenvalue weighted by molar-refractivity contribution is -0.252. The number of aliphatic hydroxyl groups excluding tert-OH is 1. The summed E-state index contributed by atoms with van der Waals surface area (Å²) in [5.41, 5.74) is 13.1. The van der Waals surface area contributed by atoms with Gasteiger partial charge in [0.15, 0.2) is 6.29 Å². The minimum absolute atomic E-state index is 0.00527. The fourth-order valence-corrected chi connectivity index (χ4v) is 6.48. The average Bonchev–Trinajstić information content (AvgIpc) is 3.16. The van der Waals surface area contributed by atoms with Gasteiger partial charge in [0.25, 0.3) is 0 Å². The molecule has 0 spiro atoms. The Morgan fingerprint density at radius 1 is 0.865 bits per heavy atom. The molecule has 5 N–H and O–H groups in total. The number of amides is 2. The molecule has 4 aromatic rings. The van der Waals surface area contributed by atoms with E-state index in [9.17, 15) is 14.7 Å². The Morgan fingerprint density at radius 2 is 1.54 bits per heavy atom. The summed E-state index contributed by atoms with van der Waals surface area (Å²) in [6.07, 6.45) is 6.06. The number of anilines is 2. The van der Waals surface area contributed by atoms with E-state index in [4.69, 9.17) is 15.2 Å². The van der Waals surface area contributed by atoms with Gasteiger partial charge in [-0.05, 0) is 59.8 Å². The van der Waals surface area contributed by atoms with Crippen molar-refractivity contribution in [3.05, 3.63) is 132 Å². The largest absolute Gasteiger partial charge is 0.397 e. The number of ether oxygens (including phenoxy) is 2. The van der Waals surface area contributed by atoms with Crippen molar-refractivity contribution in [3.63, 3.8) is 0 Å². The van der Waals surface area contributed by atoms with Crippen LogP contribution in [0.15, 0.2) is 110 Å². The predicted molar refractivity (Wildman–Crippen MR) is 207 cm³/mol. The Hall–Kier alpha value is -4.80. The SMILES string of the molecule is C=CCN(C)C[C@@H]1C[C@H](c2ccc(CO)cc2)O[C@H](c2ccc(-c3ccccc3CNC(=O)CCCCCCC(=O)Nc3ccccc3N)cc2)O1. The minimum Gasteiger partial charge on any atom is -0.397 e. The number of carbonyl (C=O) groups is 2. The lowest BCUT2D eigenvalue weighted by atomic mass is 9.97. The van der Waals surface area contributed by atoms with Crippen LogP contribution in [0.3, 0.4) is 0 Å². The molecule has 0 aromatic heterocycles. The number of aliphatic hydroxyl groups is 1. The van der Waals surface area contributed by atoms with Crippen molar-refractivity contribution >= 4 is 23.2 Å². The van der Waals surface area contributed by atoms with E-state index in [1.54, 1.807) is 12.1 Å². The second-order valence-corrected chi connectivity index (χ2v) is 13.5. The van der Waals surface area contributed by atoms with E-state index in [2.05, 4.69) is 59.5 Å². The smallest absolute Gasteiger partial charge is 0.224 e. The molecule has 0 aliphatic carbocycles. The predicted octanol–water partition coefficient (Wildman–Crippen LogP) is 7.69. The molecule has 0 radical (unpaired) electrons. The molecule has 9 heteroatoms. The van der Waals surface area contributed by atoms with E-state index in [0.29, 0.717) is 30.8 Å². The van der Waals surface area contributed by atoms with Crippen molar-refractivity contribution < 1.29 is 24.2 Å². The Bertz CT molecular complexity index is 1740. The molecule has 5 rings (SSSR count). The highest BCUT2D eigenvalue weighted by Crippen LogP contribution is 2.39. The molecule has 0 bridgehead atoms. The molecule has 4 aromatic carbocycles. The van der Waals surface area contributed by atoms with Crippen molar-refractivity contribution in [1.29, 1.82) is 0 Å². The van der Waals surface area contributed by atoms with Crippen LogP contribution < -0.4 is 16.4 Å². The fourth-order valence-electron chi connectivity index (χ4n) is 6.48. The Kier molecular flexibility index (Phi) is 14.6. The zero-order chi connectivity index (χ0) is 36.7. The first kappa shape index (κ1) is 38.4. The first-order valence-electron chi connectivity index (χ1n) is 18.2. The molecule has 9 nitrogen and oxygen atoms in total. The minimum atomic E-state index is -0.534. The molecule has 1 saturated heterocycles. The number of likely N-dealkylation sites (N-methyl/N-ethyl adjacent to an activating group) is 1. The molecule has 2 amide bonds. The maximum Gasteiger partial charge on any atom is 0.224 e. The van der Waals surface area contributed by atoms with Gasteiger partial charge in [-0.25, -0.2) is 0 Å². The summed E-state index contributed by atoms with van der Waals surface area (Å²) in [6, 6.07) is 31.5. The summed E-state index contributed by atoms with van der Waals surface area (Å²) in [5, 5.41) is 15.5. The first-order chi connectivity index (χ1) is 25.3. The number of nitrogens with one attached hydrogen (secondary N) is 2. The highest BCUT2D eigenvalue weighted by Gasteiger charge is 2.32. The second-order valence-electron chi connectivity index (χ2n) is 13.5. The normalized spacial score (nSPS) is 17.1. The number of para-hydroxylation sites is 2. The van der Waals surface area contributed by atoms with Crippen molar-refractivity contribution in [2.45, 2.75) is 76.6 Å². The number of carbonyl (C=O) groups excluding carboxylic acids is 2. The topological polar surface area (TPSA) is 126 Å². The van der Waals surface area contributed by atoms with Crippen molar-refractivity contribution in [3.8, 4) is 11.1 Å². The number of rotatable bonds is 18. The van der Waals surface area contributed by atoms with Gasteiger partial charge >= 0.3 is 0 Å². The summed E-state index contributed by atoms with van der Waals surface area (Å²) in [7, 11) is 2.06. The Balaban J connectivity index is 1.12. The summed E-state index contributed by atoms with van der Waals surface area (Å²) >= 11 is 0. The van der Waals surface area contributed by atoms with Gasteiger partial charge < -0.3 is 35.8 Å². The van der Waals surface area contributed by atoms with Crippen molar-refractivity contribution in [2.24, 2.45) is 0 Å². The van der Waals surface area contributed by atoms with Gasteiger partial charge in [0.1, 0.15) is 0 Å². The maximum absolute atomic E-state index is 12.7. The standard InChI is InChI=1S/C43H52N4O5/c1-3-26-47(2)29-36-27-40(33-20-18-31(30-48)19-21-33)52-43(51-36)34-24-22-32(23-25-34)37-13-9-8-12-35(37)28-45-41(49)16-6-4-5-7-17-42(50)46-39-15-11-10-14-38(39)44/h3,8-15,18-25,36,40,43,48H,1,4-7,16-17,26-30,44H2,2H3,(H,45,49)(H,46,50)/t36-,40+,43+/m0/s1. The summed E-state index contributed by atoms with van der Waals surface area (Å²) in [6.45, 7) is 5.83. The summed E-state index contributed by atoms with van der Waals surface area (Å²) in [5.74, 6) is -0.0331. The van der Waals surface area contributed by atoms with Gasteiger partial charge in [-0.3, -0.25) is 9.59 Å². The van der Waals surface area contributed by atoms with Crippen molar-refractivity contribution in [2.75, 3.05) is 31.2 Å². The quantitative estimate of drug-likeness (QED) is 0.0476. The number of unbranched alkanes of at least 4 members (excludes halogenated alkanes) is 3. The van der Waals surface area contributed by atoms with Gasteiger partial charge in [-0.1, -0.05) is 104 Å². The summed E-state index contributed by atoms with van der Waals surface area (Å²) < 4.78 is 13.0. The Labute approximate surface area is 307 Å². The van der Waals surface area contributed by atoms with E-state index < -0.39 is 6.29 Å². The second kappa shape index (κ2) is 19.7. The number of hydrogen-bond acceptors (Lipinski definition) is 7. The number of nitrogens with two attached hydrogens (primary N) is 1. The maximum atomic E-state index is 12.7. The van der Waals surface area contributed by atoms with Crippen LogP contribution in [0.5, 0.6) is 0 Å². The highest BCUT2D eigenvalue weighted by atomic mass is 16.7. The lowest BCUT2D eigenvalue weighted by Crippen LogP contribution is -2.37. The number of nitrogen functional groups attached to an aromatic ring is 1. The molecule has 1 heterocycles. The van der Waals surface area contributed by atoms with Crippen LogP contribution in [-0.4, -0.2) is 48.1 Å². The average molecular weight is 705 g/mol. The molecule has 274 valence electrons. The third-order valence-corrected chi connectivity index (χ3v) is 9.35. The van der Waals surface area contributed by atoms with E-state index in [1.165, 1.54) is 0 Å². The third kappa shape index (κ3) is 11.4. The molecule has 3 atom stereocenters. The van der Waals surface area contributed by atoms with Crippen LogP contribution in [0, 0.1) is 0 Å².